The molecule has 0 saturated heterocycles. The number of rotatable bonds is 8. The third-order valence-corrected chi connectivity index (χ3v) is 4.33. The van der Waals surface area contributed by atoms with Gasteiger partial charge < -0.3 is 15.2 Å². The first-order chi connectivity index (χ1) is 11.6. The second-order valence-corrected chi connectivity index (χ2v) is 6.26. The Bertz CT molecular complexity index is 732. The van der Waals surface area contributed by atoms with Gasteiger partial charge in [-0.3, -0.25) is 9.59 Å². The molecular weight excluding hydrogens is 324 g/mol. The Morgan fingerprint density at radius 3 is 2.92 bits per heavy atom. The van der Waals surface area contributed by atoms with Crippen LogP contribution in [0.2, 0.25) is 0 Å². The van der Waals surface area contributed by atoms with Gasteiger partial charge in [-0.1, -0.05) is 23.9 Å². The van der Waals surface area contributed by atoms with Gasteiger partial charge in [-0.2, -0.15) is 0 Å². The zero-order chi connectivity index (χ0) is 17.4. The molecule has 6 nitrogen and oxygen atoms in total. The van der Waals surface area contributed by atoms with Gasteiger partial charge in [0, 0.05) is 37.6 Å². The summed E-state index contributed by atoms with van der Waals surface area (Å²) in [6.07, 6.45) is 1.43. The van der Waals surface area contributed by atoms with Crippen molar-refractivity contribution < 1.29 is 4.79 Å². The van der Waals surface area contributed by atoms with Crippen LogP contribution in [0, 0.1) is 6.92 Å². The van der Waals surface area contributed by atoms with Crippen LogP contribution in [0.5, 0.6) is 0 Å². The van der Waals surface area contributed by atoms with Crippen LogP contribution in [-0.4, -0.2) is 41.3 Å². The highest BCUT2D eigenvalue weighted by molar-refractivity contribution is 7.99. The van der Waals surface area contributed by atoms with Crippen LogP contribution < -0.4 is 15.8 Å². The van der Waals surface area contributed by atoms with Crippen LogP contribution in [0.4, 0.5) is 5.69 Å². The van der Waals surface area contributed by atoms with E-state index in [-0.39, 0.29) is 17.2 Å². The molecule has 1 aromatic carbocycles. The fourth-order valence-corrected chi connectivity index (χ4v) is 2.91. The van der Waals surface area contributed by atoms with Crippen LogP contribution in [0.25, 0.3) is 0 Å². The molecule has 0 aliphatic heterocycles. The minimum absolute atomic E-state index is 0.0770. The van der Waals surface area contributed by atoms with E-state index in [4.69, 9.17) is 0 Å². The molecule has 0 saturated carbocycles. The molecule has 24 heavy (non-hydrogen) atoms. The van der Waals surface area contributed by atoms with Crippen molar-refractivity contribution in [3.8, 4) is 0 Å². The Morgan fingerprint density at radius 1 is 1.38 bits per heavy atom. The van der Waals surface area contributed by atoms with Crippen molar-refractivity contribution in [2.75, 3.05) is 30.3 Å². The van der Waals surface area contributed by atoms with E-state index in [1.54, 1.807) is 0 Å². The lowest BCUT2D eigenvalue weighted by Crippen LogP contribution is -2.35. The number of aromatic nitrogens is 2. The summed E-state index contributed by atoms with van der Waals surface area (Å²) in [4.78, 5) is 31.9. The van der Waals surface area contributed by atoms with Gasteiger partial charge in [-0.15, -0.1) is 0 Å². The van der Waals surface area contributed by atoms with Gasteiger partial charge >= 0.3 is 0 Å². The molecule has 0 bridgehead atoms. The number of likely N-dealkylation sites (N-methyl/N-ethyl adjacent to an activating group) is 1. The number of aryl methyl sites for hydroxylation is 1. The molecule has 1 heterocycles. The summed E-state index contributed by atoms with van der Waals surface area (Å²) in [6, 6.07) is 9.66. The molecule has 0 fully saturated rings. The number of aromatic amines is 1. The van der Waals surface area contributed by atoms with E-state index < -0.39 is 0 Å². The molecule has 0 atom stereocenters. The first-order valence-corrected chi connectivity index (χ1v) is 8.83. The third-order valence-electron chi connectivity index (χ3n) is 3.44. The standard InChI is InChI=1S/C17H22N4O2S/c1-3-21(14-6-4-5-13(2)11-14)10-9-18-16(23)12-24-17-19-8-7-15(22)20-17/h4-8,11H,3,9-10,12H2,1-2H3,(H,18,23)(H,19,20,22). The predicted molar refractivity (Wildman–Crippen MR) is 97.7 cm³/mol. The van der Waals surface area contributed by atoms with Crippen molar-refractivity contribution in [2.45, 2.75) is 19.0 Å². The highest BCUT2D eigenvalue weighted by Crippen LogP contribution is 2.15. The minimum atomic E-state index is -0.218. The number of hydrogen-bond donors (Lipinski definition) is 2. The molecule has 2 rings (SSSR count). The van der Waals surface area contributed by atoms with Gasteiger partial charge in [0.05, 0.1) is 5.75 Å². The lowest BCUT2D eigenvalue weighted by Gasteiger charge is -2.23. The Hall–Kier alpha value is -2.28. The lowest BCUT2D eigenvalue weighted by atomic mass is 10.2. The highest BCUT2D eigenvalue weighted by Gasteiger charge is 2.07. The maximum Gasteiger partial charge on any atom is 0.251 e. The zero-order valence-electron chi connectivity index (χ0n) is 13.9. The molecule has 0 aliphatic rings. The van der Waals surface area contributed by atoms with E-state index in [1.165, 1.54) is 29.6 Å². The van der Waals surface area contributed by atoms with E-state index in [1.807, 2.05) is 6.07 Å². The van der Waals surface area contributed by atoms with Crippen molar-refractivity contribution in [1.29, 1.82) is 0 Å². The van der Waals surface area contributed by atoms with E-state index in [9.17, 15) is 9.59 Å². The number of amides is 1. The van der Waals surface area contributed by atoms with Crippen molar-refractivity contribution >= 4 is 23.4 Å². The molecule has 0 spiro atoms. The lowest BCUT2D eigenvalue weighted by molar-refractivity contribution is -0.118. The van der Waals surface area contributed by atoms with Gasteiger partial charge in [0.25, 0.3) is 5.56 Å². The van der Waals surface area contributed by atoms with E-state index in [0.29, 0.717) is 11.7 Å². The summed E-state index contributed by atoms with van der Waals surface area (Å²) >= 11 is 1.21. The Balaban J connectivity index is 1.76. The number of anilines is 1. The number of nitrogens with zero attached hydrogens (tertiary/aromatic N) is 2. The molecule has 2 N–H and O–H groups in total. The third kappa shape index (κ3) is 5.73. The number of nitrogens with one attached hydrogen (secondary N) is 2. The van der Waals surface area contributed by atoms with E-state index in [0.717, 1.165) is 18.8 Å². The van der Waals surface area contributed by atoms with Crippen molar-refractivity contribution in [1.82, 2.24) is 15.3 Å². The molecule has 0 unspecified atom stereocenters. The monoisotopic (exact) mass is 346 g/mol. The number of thioether (sulfide) groups is 1. The van der Waals surface area contributed by atoms with Gasteiger partial charge in [0.2, 0.25) is 5.91 Å². The summed E-state index contributed by atoms with van der Waals surface area (Å²) in [7, 11) is 0. The maximum atomic E-state index is 11.9. The summed E-state index contributed by atoms with van der Waals surface area (Å²) in [5.74, 6) is 0.149. The number of carbonyl (C=O) groups excluding carboxylic acids is 1. The normalized spacial score (nSPS) is 10.4. The van der Waals surface area contributed by atoms with Crippen LogP contribution in [0.3, 0.4) is 0 Å². The molecule has 7 heteroatoms. The van der Waals surface area contributed by atoms with Gasteiger partial charge in [0.15, 0.2) is 5.16 Å². The van der Waals surface area contributed by atoms with E-state index >= 15 is 0 Å². The van der Waals surface area contributed by atoms with Crippen molar-refractivity contribution in [3.63, 3.8) is 0 Å². The van der Waals surface area contributed by atoms with Crippen molar-refractivity contribution in [3.05, 3.63) is 52.4 Å². The molecule has 2 aromatic rings. The molecule has 128 valence electrons. The largest absolute Gasteiger partial charge is 0.370 e. The number of carbonyl (C=O) groups is 1. The molecular formula is C17H22N4O2S. The first-order valence-electron chi connectivity index (χ1n) is 7.85. The highest BCUT2D eigenvalue weighted by atomic mass is 32.2. The SMILES string of the molecule is CCN(CCNC(=O)CSc1nccc(=O)[nH]1)c1cccc(C)c1. The first kappa shape index (κ1) is 18.1. The average molecular weight is 346 g/mol. The van der Waals surface area contributed by atoms with Crippen molar-refractivity contribution in [2.24, 2.45) is 0 Å². The summed E-state index contributed by atoms with van der Waals surface area (Å²) in [5.41, 5.74) is 2.16. The Morgan fingerprint density at radius 2 is 2.21 bits per heavy atom. The smallest absolute Gasteiger partial charge is 0.251 e. The fourth-order valence-electron chi connectivity index (χ4n) is 2.24. The Kier molecular flexibility index (Phi) is 6.87. The van der Waals surface area contributed by atoms with Gasteiger partial charge in [-0.25, -0.2) is 4.98 Å². The maximum absolute atomic E-state index is 11.9. The Labute approximate surface area is 145 Å². The van der Waals surface area contributed by atoms with Crippen LogP contribution in [-0.2, 0) is 4.79 Å². The zero-order valence-corrected chi connectivity index (χ0v) is 14.7. The molecule has 1 amide bonds. The second-order valence-electron chi connectivity index (χ2n) is 5.30. The van der Waals surface area contributed by atoms with Crippen LogP contribution >= 0.6 is 11.8 Å². The minimum Gasteiger partial charge on any atom is -0.370 e. The van der Waals surface area contributed by atoms with Gasteiger partial charge in [-0.05, 0) is 31.5 Å². The topological polar surface area (TPSA) is 78.1 Å². The second kappa shape index (κ2) is 9.12. The molecule has 0 aliphatic carbocycles. The fraction of sp³-hybridized carbons (Fsp3) is 0.353. The number of hydrogen-bond acceptors (Lipinski definition) is 5. The van der Waals surface area contributed by atoms with Gasteiger partial charge in [0.1, 0.15) is 0 Å². The van der Waals surface area contributed by atoms with Crippen LogP contribution in [0.1, 0.15) is 12.5 Å². The summed E-state index contributed by atoms with van der Waals surface area (Å²) < 4.78 is 0. The summed E-state index contributed by atoms with van der Waals surface area (Å²) in [5, 5.41) is 3.35. The molecule has 0 radical (unpaired) electrons. The average Bonchev–Trinajstić information content (AvgIpc) is 2.57. The quantitative estimate of drug-likeness (QED) is 0.563. The van der Waals surface area contributed by atoms with E-state index in [2.05, 4.69) is 52.2 Å². The molecule has 1 aromatic heterocycles. The van der Waals surface area contributed by atoms with Crippen LogP contribution in [0.15, 0.2) is 46.5 Å². The predicted octanol–water partition coefficient (Wildman–Crippen LogP) is 1.81. The number of H-pyrrole nitrogens is 1. The summed E-state index contributed by atoms with van der Waals surface area (Å²) in [6.45, 7) is 6.36. The number of benzene rings is 1.